The van der Waals surface area contributed by atoms with Gasteiger partial charge in [-0.1, -0.05) is 44.2 Å². The first-order valence-electron chi connectivity index (χ1n) is 13.7. The SMILES string of the molecule is CCC(CC)N1CCCC(Cn2c(-c3ccccc3OC)nc3ccc(-c4ccc(F)cc4)cc3c2=O)C1. The predicted molar refractivity (Wildman–Crippen MR) is 152 cm³/mol. The molecule has 1 atom stereocenters. The van der Waals surface area contributed by atoms with Gasteiger partial charge < -0.3 is 9.64 Å². The number of hydrogen-bond acceptors (Lipinski definition) is 4. The van der Waals surface area contributed by atoms with E-state index in [-0.39, 0.29) is 11.4 Å². The van der Waals surface area contributed by atoms with E-state index < -0.39 is 0 Å². The van der Waals surface area contributed by atoms with Gasteiger partial charge in [-0.15, -0.1) is 0 Å². The third-order valence-corrected chi connectivity index (χ3v) is 7.93. The molecule has 0 saturated carbocycles. The Bertz CT molecular complexity index is 1460. The normalized spacial score (nSPS) is 16.3. The number of ether oxygens (including phenoxy) is 1. The van der Waals surface area contributed by atoms with Crippen LogP contribution in [-0.2, 0) is 6.54 Å². The Balaban J connectivity index is 1.62. The smallest absolute Gasteiger partial charge is 0.261 e. The number of fused-ring (bicyclic) bond motifs is 1. The quantitative estimate of drug-likeness (QED) is 0.261. The first-order chi connectivity index (χ1) is 18.5. The van der Waals surface area contributed by atoms with E-state index in [0.29, 0.717) is 41.0 Å². The molecule has 0 amide bonds. The van der Waals surface area contributed by atoms with Gasteiger partial charge >= 0.3 is 0 Å². The molecule has 198 valence electrons. The summed E-state index contributed by atoms with van der Waals surface area (Å²) < 4.78 is 21.0. The van der Waals surface area contributed by atoms with Gasteiger partial charge in [0, 0.05) is 19.1 Å². The fraction of sp³-hybridized carbons (Fsp3) is 0.375. The average Bonchev–Trinajstić information content (AvgIpc) is 2.95. The zero-order chi connectivity index (χ0) is 26.6. The molecule has 1 saturated heterocycles. The molecule has 1 aromatic heterocycles. The second-order valence-corrected chi connectivity index (χ2v) is 10.3. The molecule has 0 spiro atoms. The highest BCUT2D eigenvalue weighted by atomic mass is 19.1. The van der Waals surface area contributed by atoms with Crippen LogP contribution in [0.1, 0.15) is 39.5 Å². The summed E-state index contributed by atoms with van der Waals surface area (Å²) in [4.78, 5) is 21.8. The van der Waals surface area contributed by atoms with Gasteiger partial charge in [-0.2, -0.15) is 0 Å². The number of aromatic nitrogens is 2. The summed E-state index contributed by atoms with van der Waals surface area (Å²) in [6.45, 7) is 7.22. The van der Waals surface area contributed by atoms with Crippen LogP contribution in [0.4, 0.5) is 4.39 Å². The zero-order valence-electron chi connectivity index (χ0n) is 22.5. The minimum atomic E-state index is -0.282. The largest absolute Gasteiger partial charge is 0.496 e. The molecule has 38 heavy (non-hydrogen) atoms. The lowest BCUT2D eigenvalue weighted by Gasteiger charge is -2.38. The van der Waals surface area contributed by atoms with E-state index >= 15 is 0 Å². The number of benzene rings is 3. The Labute approximate surface area is 223 Å². The number of para-hydroxylation sites is 1. The van der Waals surface area contributed by atoms with Crippen molar-refractivity contribution >= 4 is 10.9 Å². The highest BCUT2D eigenvalue weighted by Gasteiger charge is 2.26. The molecule has 2 heterocycles. The van der Waals surface area contributed by atoms with Crippen LogP contribution >= 0.6 is 0 Å². The lowest BCUT2D eigenvalue weighted by molar-refractivity contribution is 0.109. The first-order valence-corrected chi connectivity index (χ1v) is 13.7. The van der Waals surface area contributed by atoms with Gasteiger partial charge in [0.05, 0.1) is 23.6 Å². The molecule has 1 aliphatic rings. The van der Waals surface area contributed by atoms with E-state index in [1.165, 1.54) is 12.1 Å². The van der Waals surface area contributed by atoms with Gasteiger partial charge in [0.15, 0.2) is 0 Å². The highest BCUT2D eigenvalue weighted by molar-refractivity contribution is 5.85. The molecule has 5 nitrogen and oxygen atoms in total. The molecule has 5 rings (SSSR count). The number of rotatable bonds is 8. The number of piperidine rings is 1. The van der Waals surface area contributed by atoms with E-state index in [1.807, 2.05) is 47.0 Å². The summed E-state index contributed by atoms with van der Waals surface area (Å²) in [7, 11) is 1.64. The molecule has 1 fully saturated rings. The monoisotopic (exact) mass is 513 g/mol. The van der Waals surface area contributed by atoms with Crippen LogP contribution in [0.3, 0.4) is 0 Å². The zero-order valence-corrected chi connectivity index (χ0v) is 22.5. The van der Waals surface area contributed by atoms with Crippen LogP contribution in [-0.4, -0.2) is 40.7 Å². The van der Waals surface area contributed by atoms with E-state index in [2.05, 4.69) is 18.7 Å². The van der Waals surface area contributed by atoms with Crippen LogP contribution in [0, 0.1) is 11.7 Å². The fourth-order valence-corrected chi connectivity index (χ4v) is 5.89. The Morgan fingerprint density at radius 1 is 1.03 bits per heavy atom. The minimum Gasteiger partial charge on any atom is -0.496 e. The maximum Gasteiger partial charge on any atom is 0.261 e. The van der Waals surface area contributed by atoms with Crippen LogP contribution in [0.5, 0.6) is 5.75 Å². The van der Waals surface area contributed by atoms with Crippen molar-refractivity contribution in [3.8, 4) is 28.3 Å². The van der Waals surface area contributed by atoms with Crippen molar-refractivity contribution in [3.05, 3.63) is 82.9 Å². The summed E-state index contributed by atoms with van der Waals surface area (Å²) in [5, 5.41) is 0.568. The molecular formula is C32H36FN3O2. The molecule has 4 aromatic rings. The molecule has 0 aliphatic carbocycles. The standard InChI is InChI=1S/C32H36FN3O2/c1-4-26(5-2)35-18-8-9-22(20-35)21-36-31(27-10-6-7-11-30(27)38-3)34-29-17-14-24(19-28(29)32(36)37)23-12-15-25(33)16-13-23/h6-7,10-17,19,22,26H,4-5,8-9,18,20-21H2,1-3H3. The molecule has 1 aliphatic heterocycles. The third kappa shape index (κ3) is 5.23. The van der Waals surface area contributed by atoms with Gasteiger partial charge in [0.2, 0.25) is 0 Å². The lowest BCUT2D eigenvalue weighted by atomic mass is 9.95. The third-order valence-electron chi connectivity index (χ3n) is 7.93. The second kappa shape index (κ2) is 11.5. The number of hydrogen-bond donors (Lipinski definition) is 0. The fourth-order valence-electron chi connectivity index (χ4n) is 5.89. The summed E-state index contributed by atoms with van der Waals surface area (Å²) in [5.41, 5.74) is 3.12. The first kappa shape index (κ1) is 26.1. The number of nitrogens with zero attached hydrogens (tertiary/aromatic N) is 3. The van der Waals surface area contributed by atoms with E-state index in [9.17, 15) is 9.18 Å². The van der Waals surface area contributed by atoms with Crippen molar-refractivity contribution in [3.63, 3.8) is 0 Å². The summed E-state index contributed by atoms with van der Waals surface area (Å²) >= 11 is 0. The molecular weight excluding hydrogens is 477 g/mol. The number of methoxy groups -OCH3 is 1. The van der Waals surface area contributed by atoms with E-state index in [0.717, 1.165) is 55.5 Å². The molecule has 0 radical (unpaired) electrons. The maximum atomic E-state index is 14.2. The van der Waals surface area contributed by atoms with Crippen LogP contribution in [0.15, 0.2) is 71.5 Å². The topological polar surface area (TPSA) is 47.4 Å². The van der Waals surface area contributed by atoms with Crippen molar-refractivity contribution in [1.29, 1.82) is 0 Å². The van der Waals surface area contributed by atoms with Crippen molar-refractivity contribution < 1.29 is 9.13 Å². The Morgan fingerprint density at radius 3 is 2.50 bits per heavy atom. The maximum absolute atomic E-state index is 14.2. The van der Waals surface area contributed by atoms with Gasteiger partial charge in [0.25, 0.3) is 5.56 Å². The average molecular weight is 514 g/mol. The number of likely N-dealkylation sites (tertiary alicyclic amines) is 1. The second-order valence-electron chi connectivity index (χ2n) is 10.3. The van der Waals surface area contributed by atoms with Crippen molar-refractivity contribution in [1.82, 2.24) is 14.5 Å². The van der Waals surface area contributed by atoms with Crippen molar-refractivity contribution in [2.24, 2.45) is 5.92 Å². The minimum absolute atomic E-state index is 0.0560. The van der Waals surface area contributed by atoms with Crippen LogP contribution in [0.2, 0.25) is 0 Å². The van der Waals surface area contributed by atoms with E-state index in [1.54, 1.807) is 19.2 Å². The predicted octanol–water partition coefficient (Wildman–Crippen LogP) is 6.78. The molecule has 3 aromatic carbocycles. The Hall–Kier alpha value is -3.51. The van der Waals surface area contributed by atoms with Gasteiger partial charge in [-0.3, -0.25) is 9.36 Å². The van der Waals surface area contributed by atoms with Gasteiger partial charge in [-0.05, 0) is 85.7 Å². The Morgan fingerprint density at radius 2 is 1.76 bits per heavy atom. The molecule has 6 heteroatoms. The summed E-state index contributed by atoms with van der Waals surface area (Å²) in [5.74, 6) is 1.40. The van der Waals surface area contributed by atoms with Crippen molar-refractivity contribution in [2.75, 3.05) is 20.2 Å². The molecule has 1 unspecified atom stereocenters. The molecule has 0 N–H and O–H groups in total. The summed E-state index contributed by atoms with van der Waals surface area (Å²) in [6.07, 6.45) is 4.50. The van der Waals surface area contributed by atoms with Crippen LogP contribution in [0.25, 0.3) is 33.4 Å². The van der Waals surface area contributed by atoms with E-state index in [4.69, 9.17) is 9.72 Å². The van der Waals surface area contributed by atoms with Gasteiger partial charge in [-0.25, -0.2) is 9.37 Å². The van der Waals surface area contributed by atoms with Crippen molar-refractivity contribution in [2.45, 2.75) is 52.1 Å². The lowest BCUT2D eigenvalue weighted by Crippen LogP contribution is -2.44. The van der Waals surface area contributed by atoms with Crippen LogP contribution < -0.4 is 10.3 Å². The summed E-state index contributed by atoms with van der Waals surface area (Å²) in [6, 6.07) is 20.4. The molecule has 0 bridgehead atoms. The Kier molecular flexibility index (Phi) is 7.89. The van der Waals surface area contributed by atoms with Gasteiger partial charge in [0.1, 0.15) is 17.4 Å². The number of halogens is 1. The highest BCUT2D eigenvalue weighted by Crippen LogP contribution is 2.31.